The third-order valence-corrected chi connectivity index (χ3v) is 5.33. The van der Waals surface area contributed by atoms with Crippen LogP contribution in [0.5, 0.6) is 0 Å². The maximum atomic E-state index is 6.36. The van der Waals surface area contributed by atoms with E-state index < -0.39 is 0 Å². The van der Waals surface area contributed by atoms with Crippen LogP contribution in [0.2, 0.25) is 0 Å². The van der Waals surface area contributed by atoms with Crippen LogP contribution in [0.3, 0.4) is 0 Å². The van der Waals surface area contributed by atoms with Gasteiger partial charge in [0.15, 0.2) is 0 Å². The molecule has 2 heteroatoms. The molecule has 18 heavy (non-hydrogen) atoms. The predicted octanol–water partition coefficient (Wildman–Crippen LogP) is 4.30. The Kier molecular flexibility index (Phi) is 5.13. The molecule has 0 bridgehead atoms. The van der Waals surface area contributed by atoms with Gasteiger partial charge in [0, 0.05) is 16.7 Å². The lowest BCUT2D eigenvalue weighted by atomic mass is 9.85. The van der Waals surface area contributed by atoms with E-state index in [1.807, 2.05) is 11.8 Å². The second-order valence-corrected chi connectivity index (χ2v) is 6.70. The molecule has 1 nitrogen and oxygen atoms in total. The second-order valence-electron chi connectivity index (χ2n) is 5.64. The third kappa shape index (κ3) is 3.76. The van der Waals surface area contributed by atoms with E-state index in [-0.39, 0.29) is 0 Å². The van der Waals surface area contributed by atoms with Gasteiger partial charge in [-0.2, -0.15) is 0 Å². The van der Waals surface area contributed by atoms with Gasteiger partial charge in [0.1, 0.15) is 0 Å². The van der Waals surface area contributed by atoms with Crippen molar-refractivity contribution >= 4 is 11.8 Å². The summed E-state index contributed by atoms with van der Waals surface area (Å²) in [6.45, 7) is 4.35. The number of hydrogen-bond acceptors (Lipinski definition) is 2. The van der Waals surface area contributed by atoms with Crippen LogP contribution in [0.1, 0.15) is 43.2 Å². The van der Waals surface area contributed by atoms with E-state index in [0.717, 1.165) is 11.7 Å². The summed E-state index contributed by atoms with van der Waals surface area (Å²) < 4.78 is 0. The summed E-state index contributed by atoms with van der Waals surface area (Å²) in [4.78, 5) is 1.40. The standard InChI is InChI=1S/C16H25NS/c1-12-8-9-13(2)16(10-12)18-11-15(17)14-6-4-3-5-7-14/h8-10,14-15H,3-7,11,17H2,1-2H3. The summed E-state index contributed by atoms with van der Waals surface area (Å²) in [6.07, 6.45) is 6.86. The van der Waals surface area contributed by atoms with E-state index in [2.05, 4.69) is 32.0 Å². The fourth-order valence-electron chi connectivity index (χ4n) is 2.75. The van der Waals surface area contributed by atoms with Crippen molar-refractivity contribution in [1.82, 2.24) is 0 Å². The minimum Gasteiger partial charge on any atom is -0.327 e. The fourth-order valence-corrected chi connectivity index (χ4v) is 3.96. The maximum absolute atomic E-state index is 6.36. The van der Waals surface area contributed by atoms with Gasteiger partial charge in [0.2, 0.25) is 0 Å². The molecule has 1 aromatic carbocycles. The molecule has 1 unspecified atom stereocenters. The number of nitrogens with two attached hydrogens (primary N) is 1. The van der Waals surface area contributed by atoms with Crippen molar-refractivity contribution in [1.29, 1.82) is 0 Å². The molecule has 0 aromatic heterocycles. The highest BCUT2D eigenvalue weighted by Crippen LogP contribution is 2.30. The molecular weight excluding hydrogens is 238 g/mol. The first kappa shape index (κ1) is 14.0. The smallest absolute Gasteiger partial charge is 0.0162 e. The summed E-state index contributed by atoms with van der Waals surface area (Å²) in [5.74, 6) is 1.82. The molecule has 1 aliphatic rings. The SMILES string of the molecule is Cc1ccc(C)c(SCC(N)C2CCCCC2)c1. The van der Waals surface area contributed by atoms with Crippen LogP contribution in [0.25, 0.3) is 0 Å². The molecule has 0 heterocycles. The van der Waals surface area contributed by atoms with Crippen molar-refractivity contribution in [2.24, 2.45) is 11.7 Å². The Labute approximate surface area is 116 Å². The summed E-state index contributed by atoms with van der Waals surface area (Å²) in [6, 6.07) is 7.05. The van der Waals surface area contributed by atoms with E-state index in [9.17, 15) is 0 Å². The lowest BCUT2D eigenvalue weighted by molar-refractivity contribution is 0.319. The van der Waals surface area contributed by atoms with E-state index in [1.54, 1.807) is 0 Å². The minimum absolute atomic E-state index is 0.371. The van der Waals surface area contributed by atoms with Crippen LogP contribution in [-0.4, -0.2) is 11.8 Å². The van der Waals surface area contributed by atoms with Gasteiger partial charge in [0.05, 0.1) is 0 Å². The Balaban J connectivity index is 1.88. The summed E-state index contributed by atoms with van der Waals surface area (Å²) in [5, 5.41) is 0. The monoisotopic (exact) mass is 263 g/mol. The number of aryl methyl sites for hydroxylation is 2. The molecule has 1 aromatic rings. The quantitative estimate of drug-likeness (QED) is 0.819. The van der Waals surface area contributed by atoms with Crippen molar-refractivity contribution in [2.75, 3.05) is 5.75 Å². The van der Waals surface area contributed by atoms with Crippen LogP contribution in [0.15, 0.2) is 23.1 Å². The van der Waals surface area contributed by atoms with Crippen molar-refractivity contribution in [3.05, 3.63) is 29.3 Å². The highest BCUT2D eigenvalue weighted by atomic mass is 32.2. The average Bonchev–Trinajstić information content (AvgIpc) is 2.40. The Morgan fingerprint density at radius 1 is 1.22 bits per heavy atom. The molecule has 1 aliphatic carbocycles. The number of rotatable bonds is 4. The largest absolute Gasteiger partial charge is 0.327 e. The van der Waals surface area contributed by atoms with Crippen LogP contribution >= 0.6 is 11.8 Å². The van der Waals surface area contributed by atoms with Gasteiger partial charge in [-0.05, 0) is 44.2 Å². The average molecular weight is 263 g/mol. The molecule has 1 fully saturated rings. The van der Waals surface area contributed by atoms with Gasteiger partial charge < -0.3 is 5.73 Å². The fraction of sp³-hybridized carbons (Fsp3) is 0.625. The van der Waals surface area contributed by atoms with Crippen LogP contribution < -0.4 is 5.73 Å². The molecule has 100 valence electrons. The van der Waals surface area contributed by atoms with E-state index >= 15 is 0 Å². The number of hydrogen-bond donors (Lipinski definition) is 1. The minimum atomic E-state index is 0.371. The number of thioether (sulfide) groups is 1. The zero-order chi connectivity index (χ0) is 13.0. The molecule has 0 aliphatic heterocycles. The van der Waals surface area contributed by atoms with Gasteiger partial charge in [-0.3, -0.25) is 0 Å². The zero-order valence-electron chi connectivity index (χ0n) is 11.6. The van der Waals surface area contributed by atoms with E-state index in [0.29, 0.717) is 6.04 Å². The van der Waals surface area contributed by atoms with Crippen LogP contribution in [-0.2, 0) is 0 Å². The summed E-state index contributed by atoms with van der Waals surface area (Å²) in [5.41, 5.74) is 9.08. The second kappa shape index (κ2) is 6.63. The molecular formula is C16H25NS. The molecule has 0 amide bonds. The molecule has 1 saturated carbocycles. The molecule has 0 spiro atoms. The topological polar surface area (TPSA) is 26.0 Å². The van der Waals surface area contributed by atoms with Crippen molar-refractivity contribution in [3.63, 3.8) is 0 Å². The first-order valence-corrected chi connectivity index (χ1v) is 8.11. The lowest BCUT2D eigenvalue weighted by Gasteiger charge is -2.27. The Bertz CT molecular complexity index is 383. The Morgan fingerprint density at radius 2 is 1.94 bits per heavy atom. The first-order valence-electron chi connectivity index (χ1n) is 7.12. The highest BCUT2D eigenvalue weighted by Gasteiger charge is 2.20. The molecule has 0 saturated heterocycles. The van der Waals surface area contributed by atoms with Crippen molar-refractivity contribution < 1.29 is 0 Å². The van der Waals surface area contributed by atoms with Crippen LogP contribution in [0, 0.1) is 19.8 Å². The van der Waals surface area contributed by atoms with Gasteiger partial charge in [-0.15, -0.1) is 11.8 Å². The van der Waals surface area contributed by atoms with Gasteiger partial charge in [-0.25, -0.2) is 0 Å². The van der Waals surface area contributed by atoms with Gasteiger partial charge in [0.25, 0.3) is 0 Å². The first-order chi connectivity index (χ1) is 8.66. The molecule has 0 radical (unpaired) electrons. The number of benzene rings is 1. The maximum Gasteiger partial charge on any atom is 0.0162 e. The third-order valence-electron chi connectivity index (χ3n) is 4.03. The Morgan fingerprint density at radius 3 is 2.67 bits per heavy atom. The zero-order valence-corrected chi connectivity index (χ0v) is 12.4. The Hall–Kier alpha value is -0.470. The lowest BCUT2D eigenvalue weighted by Crippen LogP contribution is -2.33. The van der Waals surface area contributed by atoms with Gasteiger partial charge >= 0.3 is 0 Å². The predicted molar refractivity (Wildman–Crippen MR) is 81.2 cm³/mol. The molecule has 1 atom stereocenters. The van der Waals surface area contributed by atoms with Crippen molar-refractivity contribution in [3.8, 4) is 0 Å². The van der Waals surface area contributed by atoms with Crippen molar-refractivity contribution in [2.45, 2.75) is 56.9 Å². The molecule has 2 rings (SSSR count). The van der Waals surface area contributed by atoms with E-state index in [4.69, 9.17) is 5.73 Å². The van der Waals surface area contributed by atoms with E-state index in [1.165, 1.54) is 48.1 Å². The summed E-state index contributed by atoms with van der Waals surface area (Å²) >= 11 is 1.94. The summed E-state index contributed by atoms with van der Waals surface area (Å²) in [7, 11) is 0. The highest BCUT2D eigenvalue weighted by molar-refractivity contribution is 7.99. The normalized spacial score (nSPS) is 18.8. The van der Waals surface area contributed by atoms with Crippen LogP contribution in [0.4, 0.5) is 0 Å². The molecule has 2 N–H and O–H groups in total. The van der Waals surface area contributed by atoms with Gasteiger partial charge in [-0.1, -0.05) is 37.0 Å².